The molecule has 0 radical (unpaired) electrons. The van der Waals surface area contributed by atoms with Crippen LogP contribution in [0, 0.1) is 0 Å². The quantitative estimate of drug-likeness (QED) is 0.744. The third-order valence-electron chi connectivity index (χ3n) is 2.69. The number of nitrogens with zero attached hydrogens (tertiary/aromatic N) is 2. The molecule has 0 saturated heterocycles. The number of pyridine rings is 2. The van der Waals surface area contributed by atoms with Crippen molar-refractivity contribution in [1.82, 2.24) is 9.97 Å². The Morgan fingerprint density at radius 1 is 1.06 bits per heavy atom. The van der Waals surface area contributed by atoms with E-state index < -0.39 is 0 Å². The molecule has 3 nitrogen and oxygen atoms in total. The van der Waals surface area contributed by atoms with Crippen LogP contribution in [0.4, 0.5) is 0 Å². The SMILES string of the molecule is Oc1cc2cccnc2nc1-c1ccc(Br)cc1. The maximum Gasteiger partial charge on any atom is 0.160 e. The molecule has 0 fully saturated rings. The zero-order valence-corrected chi connectivity index (χ0v) is 10.9. The van der Waals surface area contributed by atoms with Crippen molar-refractivity contribution in [3.05, 3.63) is 53.1 Å². The summed E-state index contributed by atoms with van der Waals surface area (Å²) in [6, 6.07) is 13.0. The van der Waals surface area contributed by atoms with Crippen LogP contribution in [0.3, 0.4) is 0 Å². The highest BCUT2D eigenvalue weighted by atomic mass is 79.9. The van der Waals surface area contributed by atoms with Crippen molar-refractivity contribution in [2.45, 2.75) is 0 Å². The lowest BCUT2D eigenvalue weighted by Gasteiger charge is -2.05. The molecular formula is C14H9BrN2O. The molecule has 18 heavy (non-hydrogen) atoms. The molecule has 0 aliphatic carbocycles. The molecule has 2 aromatic heterocycles. The fourth-order valence-electron chi connectivity index (χ4n) is 1.81. The first kappa shape index (κ1) is 11.2. The summed E-state index contributed by atoms with van der Waals surface area (Å²) in [6.07, 6.45) is 1.69. The van der Waals surface area contributed by atoms with E-state index >= 15 is 0 Å². The zero-order chi connectivity index (χ0) is 12.5. The van der Waals surface area contributed by atoms with Crippen molar-refractivity contribution in [2.75, 3.05) is 0 Å². The Bertz CT molecular complexity index is 711. The second-order valence-electron chi connectivity index (χ2n) is 3.91. The van der Waals surface area contributed by atoms with Crippen LogP contribution >= 0.6 is 15.9 Å². The van der Waals surface area contributed by atoms with Gasteiger partial charge in [-0.15, -0.1) is 0 Å². The lowest BCUT2D eigenvalue weighted by atomic mass is 10.1. The number of rotatable bonds is 1. The summed E-state index contributed by atoms with van der Waals surface area (Å²) in [6.45, 7) is 0. The van der Waals surface area contributed by atoms with Crippen molar-refractivity contribution in [1.29, 1.82) is 0 Å². The molecule has 4 heteroatoms. The van der Waals surface area contributed by atoms with Crippen LogP contribution in [0.25, 0.3) is 22.3 Å². The molecule has 0 atom stereocenters. The van der Waals surface area contributed by atoms with Crippen LogP contribution in [0.1, 0.15) is 0 Å². The van der Waals surface area contributed by atoms with Gasteiger partial charge in [0, 0.05) is 21.6 Å². The van der Waals surface area contributed by atoms with Crippen molar-refractivity contribution in [3.63, 3.8) is 0 Å². The van der Waals surface area contributed by atoms with Gasteiger partial charge in [0.25, 0.3) is 0 Å². The summed E-state index contributed by atoms with van der Waals surface area (Å²) < 4.78 is 0.990. The van der Waals surface area contributed by atoms with Crippen molar-refractivity contribution in [2.24, 2.45) is 0 Å². The highest BCUT2D eigenvalue weighted by Gasteiger charge is 2.08. The number of fused-ring (bicyclic) bond motifs is 1. The van der Waals surface area contributed by atoms with Gasteiger partial charge in [-0.25, -0.2) is 9.97 Å². The standard InChI is InChI=1S/C14H9BrN2O/c15-11-5-3-9(4-6-11)13-12(18)8-10-2-1-7-16-14(10)17-13/h1-8,18H. The van der Waals surface area contributed by atoms with Gasteiger partial charge in [0.1, 0.15) is 11.4 Å². The van der Waals surface area contributed by atoms with Crippen LogP contribution in [0.15, 0.2) is 53.1 Å². The normalized spacial score (nSPS) is 10.7. The first-order valence-corrected chi connectivity index (χ1v) is 6.24. The van der Waals surface area contributed by atoms with Gasteiger partial charge >= 0.3 is 0 Å². The summed E-state index contributed by atoms with van der Waals surface area (Å²) in [7, 11) is 0. The Kier molecular flexibility index (Phi) is 2.72. The monoisotopic (exact) mass is 300 g/mol. The molecule has 0 bridgehead atoms. The third-order valence-corrected chi connectivity index (χ3v) is 3.22. The van der Waals surface area contributed by atoms with Crippen LogP contribution in [0.5, 0.6) is 5.75 Å². The summed E-state index contributed by atoms with van der Waals surface area (Å²) in [4.78, 5) is 8.59. The average molecular weight is 301 g/mol. The van der Waals surface area contributed by atoms with Crippen LogP contribution in [-0.2, 0) is 0 Å². The van der Waals surface area contributed by atoms with E-state index in [0.717, 1.165) is 15.4 Å². The van der Waals surface area contributed by atoms with E-state index in [1.165, 1.54) is 0 Å². The Labute approximate surface area is 112 Å². The Morgan fingerprint density at radius 3 is 2.61 bits per heavy atom. The van der Waals surface area contributed by atoms with E-state index in [1.54, 1.807) is 12.3 Å². The Morgan fingerprint density at radius 2 is 1.83 bits per heavy atom. The van der Waals surface area contributed by atoms with Crippen LogP contribution in [0.2, 0.25) is 0 Å². The van der Waals surface area contributed by atoms with Crippen LogP contribution in [-0.4, -0.2) is 15.1 Å². The van der Waals surface area contributed by atoms with E-state index in [4.69, 9.17) is 0 Å². The first-order chi connectivity index (χ1) is 8.74. The summed E-state index contributed by atoms with van der Waals surface area (Å²) in [5, 5.41) is 10.9. The lowest BCUT2D eigenvalue weighted by Crippen LogP contribution is -1.88. The topological polar surface area (TPSA) is 46.0 Å². The predicted octanol–water partition coefficient (Wildman–Crippen LogP) is 3.76. The van der Waals surface area contributed by atoms with Gasteiger partial charge in [-0.2, -0.15) is 0 Å². The number of hydrogen-bond acceptors (Lipinski definition) is 3. The number of aromatic hydroxyl groups is 1. The maximum absolute atomic E-state index is 10.0. The van der Waals surface area contributed by atoms with E-state index in [9.17, 15) is 5.11 Å². The fourth-order valence-corrected chi connectivity index (χ4v) is 2.08. The Balaban J connectivity index is 2.22. The molecule has 0 saturated carbocycles. The van der Waals surface area contributed by atoms with Gasteiger partial charge in [-0.1, -0.05) is 28.1 Å². The van der Waals surface area contributed by atoms with Gasteiger partial charge in [-0.05, 0) is 30.3 Å². The van der Waals surface area contributed by atoms with Crippen molar-refractivity contribution < 1.29 is 5.11 Å². The summed E-state index contributed by atoms with van der Waals surface area (Å²) >= 11 is 3.38. The molecule has 0 aliphatic heterocycles. The van der Waals surface area contributed by atoms with Gasteiger partial charge in [0.15, 0.2) is 5.65 Å². The average Bonchev–Trinajstić information content (AvgIpc) is 2.39. The van der Waals surface area contributed by atoms with Crippen LogP contribution < -0.4 is 0 Å². The van der Waals surface area contributed by atoms with E-state index in [1.807, 2.05) is 36.4 Å². The van der Waals surface area contributed by atoms with Gasteiger partial charge in [0.2, 0.25) is 0 Å². The second kappa shape index (κ2) is 4.38. The van der Waals surface area contributed by atoms with Crippen molar-refractivity contribution >= 4 is 27.0 Å². The molecule has 1 N–H and O–H groups in total. The zero-order valence-electron chi connectivity index (χ0n) is 9.34. The van der Waals surface area contributed by atoms with E-state index in [2.05, 4.69) is 25.9 Å². The summed E-state index contributed by atoms with van der Waals surface area (Å²) in [5.74, 6) is 0.165. The number of benzene rings is 1. The summed E-state index contributed by atoms with van der Waals surface area (Å²) in [5.41, 5.74) is 2.05. The first-order valence-electron chi connectivity index (χ1n) is 5.45. The molecule has 3 aromatic rings. The minimum atomic E-state index is 0.165. The van der Waals surface area contributed by atoms with Gasteiger partial charge in [-0.3, -0.25) is 0 Å². The predicted molar refractivity (Wildman–Crippen MR) is 74.3 cm³/mol. The molecule has 2 heterocycles. The highest BCUT2D eigenvalue weighted by Crippen LogP contribution is 2.30. The molecule has 0 unspecified atom stereocenters. The van der Waals surface area contributed by atoms with Crippen molar-refractivity contribution in [3.8, 4) is 17.0 Å². The highest BCUT2D eigenvalue weighted by molar-refractivity contribution is 9.10. The second-order valence-corrected chi connectivity index (χ2v) is 4.83. The van der Waals surface area contributed by atoms with Gasteiger partial charge in [0.05, 0.1) is 0 Å². The number of hydrogen-bond donors (Lipinski definition) is 1. The molecule has 0 spiro atoms. The minimum Gasteiger partial charge on any atom is -0.506 e. The number of aromatic nitrogens is 2. The smallest absolute Gasteiger partial charge is 0.160 e. The molecule has 88 valence electrons. The number of halogens is 1. The largest absolute Gasteiger partial charge is 0.506 e. The van der Waals surface area contributed by atoms with E-state index in [0.29, 0.717) is 11.3 Å². The maximum atomic E-state index is 10.0. The molecule has 0 aliphatic rings. The minimum absolute atomic E-state index is 0.165. The van der Waals surface area contributed by atoms with Gasteiger partial charge < -0.3 is 5.11 Å². The van der Waals surface area contributed by atoms with E-state index in [-0.39, 0.29) is 5.75 Å². The molecule has 1 aromatic carbocycles. The Hall–Kier alpha value is -1.94. The molecule has 0 amide bonds. The molecule has 3 rings (SSSR count). The third kappa shape index (κ3) is 1.95. The lowest BCUT2D eigenvalue weighted by molar-refractivity contribution is 0.476. The molecular weight excluding hydrogens is 292 g/mol. The fraction of sp³-hybridized carbons (Fsp3) is 0.